The molecule has 1 saturated heterocycles. The second-order valence-corrected chi connectivity index (χ2v) is 3.40. The van der Waals surface area contributed by atoms with Crippen LogP contribution >= 0.6 is 0 Å². The van der Waals surface area contributed by atoms with Gasteiger partial charge in [0, 0.05) is 20.0 Å². The Hall–Kier alpha value is -1.06. The van der Waals surface area contributed by atoms with Gasteiger partial charge in [0.05, 0.1) is 5.92 Å². The molecule has 0 spiro atoms. The van der Waals surface area contributed by atoms with Crippen molar-refractivity contribution in [2.75, 3.05) is 13.6 Å². The molecule has 0 unspecified atom stereocenters. The highest BCUT2D eigenvalue weighted by atomic mass is 16.4. The van der Waals surface area contributed by atoms with E-state index < -0.39 is 11.9 Å². The molecule has 0 bridgehead atoms. The van der Waals surface area contributed by atoms with Crippen molar-refractivity contribution < 1.29 is 14.7 Å². The molecular formula is C8H13NO3. The summed E-state index contributed by atoms with van der Waals surface area (Å²) in [5, 5.41) is 8.77. The molecule has 1 fully saturated rings. The highest BCUT2D eigenvalue weighted by molar-refractivity contribution is 5.80. The molecule has 4 heteroatoms. The summed E-state index contributed by atoms with van der Waals surface area (Å²) in [6, 6.07) is 0. The summed E-state index contributed by atoms with van der Waals surface area (Å²) in [7, 11) is 1.64. The number of nitrogens with zero attached hydrogens (tertiary/aromatic N) is 1. The summed E-state index contributed by atoms with van der Waals surface area (Å²) in [5.74, 6) is -1.19. The standard InChI is InChI=1S/C8H13NO3/c1-5-3-7(10)9(2)4-6(5)8(11)12/h5-6H,3-4H2,1-2H3,(H,11,12)/t5-,6+/m1/s1. The topological polar surface area (TPSA) is 57.6 Å². The zero-order valence-corrected chi connectivity index (χ0v) is 7.28. The van der Waals surface area contributed by atoms with Crippen LogP contribution in [0.5, 0.6) is 0 Å². The van der Waals surface area contributed by atoms with Crippen LogP contribution in [-0.4, -0.2) is 35.5 Å². The summed E-state index contributed by atoms with van der Waals surface area (Å²) in [5.41, 5.74) is 0. The van der Waals surface area contributed by atoms with Gasteiger partial charge in [-0.1, -0.05) is 6.92 Å². The molecule has 4 nitrogen and oxygen atoms in total. The lowest BCUT2D eigenvalue weighted by molar-refractivity contribution is -0.149. The number of piperidine rings is 1. The lowest BCUT2D eigenvalue weighted by Crippen LogP contribution is -2.44. The first-order valence-corrected chi connectivity index (χ1v) is 3.99. The average Bonchev–Trinajstić information content (AvgIpc) is 1.96. The van der Waals surface area contributed by atoms with E-state index in [-0.39, 0.29) is 11.8 Å². The van der Waals surface area contributed by atoms with E-state index in [9.17, 15) is 9.59 Å². The van der Waals surface area contributed by atoms with Crippen LogP contribution in [0, 0.1) is 11.8 Å². The van der Waals surface area contributed by atoms with Gasteiger partial charge in [0.25, 0.3) is 0 Å². The fraction of sp³-hybridized carbons (Fsp3) is 0.750. The lowest BCUT2D eigenvalue weighted by Gasteiger charge is -2.31. The number of carboxylic acid groups (broad SMARTS) is 1. The van der Waals surface area contributed by atoms with Crippen LogP contribution in [0.1, 0.15) is 13.3 Å². The third-order valence-corrected chi connectivity index (χ3v) is 2.40. The van der Waals surface area contributed by atoms with Gasteiger partial charge >= 0.3 is 5.97 Å². The fourth-order valence-electron chi connectivity index (χ4n) is 1.47. The van der Waals surface area contributed by atoms with E-state index >= 15 is 0 Å². The minimum atomic E-state index is -0.804. The van der Waals surface area contributed by atoms with E-state index in [1.54, 1.807) is 7.05 Å². The van der Waals surface area contributed by atoms with Crippen LogP contribution in [0.3, 0.4) is 0 Å². The minimum Gasteiger partial charge on any atom is -0.481 e. The summed E-state index contributed by atoms with van der Waals surface area (Å²) in [6.07, 6.45) is 0.355. The molecule has 0 saturated carbocycles. The van der Waals surface area contributed by atoms with E-state index in [1.165, 1.54) is 4.90 Å². The zero-order chi connectivity index (χ0) is 9.30. The van der Waals surface area contributed by atoms with Crippen molar-refractivity contribution in [3.63, 3.8) is 0 Å². The molecule has 1 aliphatic rings. The predicted octanol–water partition coefficient (Wildman–Crippen LogP) is 0.185. The number of carboxylic acids is 1. The molecule has 12 heavy (non-hydrogen) atoms. The van der Waals surface area contributed by atoms with E-state index in [4.69, 9.17) is 5.11 Å². The number of hydrogen-bond donors (Lipinski definition) is 1. The monoisotopic (exact) mass is 171 g/mol. The third kappa shape index (κ3) is 1.57. The smallest absolute Gasteiger partial charge is 0.308 e. The quantitative estimate of drug-likeness (QED) is 0.612. The molecule has 1 amide bonds. The molecule has 0 aromatic rings. The summed E-state index contributed by atoms with van der Waals surface area (Å²) in [6.45, 7) is 2.15. The SMILES string of the molecule is C[C@@H]1CC(=O)N(C)C[C@@H]1C(=O)O. The van der Waals surface area contributed by atoms with E-state index in [1.807, 2.05) is 6.92 Å². The van der Waals surface area contributed by atoms with Gasteiger partial charge in [-0.05, 0) is 5.92 Å². The number of carbonyl (C=O) groups is 2. The first kappa shape index (κ1) is 9.03. The van der Waals surface area contributed by atoms with Crippen molar-refractivity contribution >= 4 is 11.9 Å². The molecule has 1 N–H and O–H groups in total. The maximum atomic E-state index is 11.1. The van der Waals surface area contributed by atoms with Gasteiger partial charge in [0.15, 0.2) is 0 Å². The zero-order valence-electron chi connectivity index (χ0n) is 7.28. The van der Waals surface area contributed by atoms with Crippen LogP contribution in [0.25, 0.3) is 0 Å². The van der Waals surface area contributed by atoms with Crippen LogP contribution in [0.15, 0.2) is 0 Å². The first-order chi connectivity index (χ1) is 5.52. The van der Waals surface area contributed by atoms with Crippen molar-refractivity contribution in [1.29, 1.82) is 0 Å². The summed E-state index contributed by atoms with van der Waals surface area (Å²) in [4.78, 5) is 23.3. The van der Waals surface area contributed by atoms with E-state index in [0.29, 0.717) is 13.0 Å². The summed E-state index contributed by atoms with van der Waals surface area (Å²) >= 11 is 0. The van der Waals surface area contributed by atoms with Gasteiger partial charge in [0.2, 0.25) is 5.91 Å². The van der Waals surface area contributed by atoms with E-state index in [0.717, 1.165) is 0 Å². The van der Waals surface area contributed by atoms with Crippen molar-refractivity contribution in [3.05, 3.63) is 0 Å². The minimum absolute atomic E-state index is 0.0359. The highest BCUT2D eigenvalue weighted by Crippen LogP contribution is 2.22. The molecular weight excluding hydrogens is 158 g/mol. The van der Waals surface area contributed by atoms with Crippen LogP contribution < -0.4 is 0 Å². The van der Waals surface area contributed by atoms with Gasteiger partial charge < -0.3 is 10.0 Å². The van der Waals surface area contributed by atoms with Gasteiger partial charge in [-0.3, -0.25) is 9.59 Å². The average molecular weight is 171 g/mol. The van der Waals surface area contributed by atoms with Crippen LogP contribution in [-0.2, 0) is 9.59 Å². The Morgan fingerprint density at radius 1 is 1.67 bits per heavy atom. The van der Waals surface area contributed by atoms with Crippen molar-refractivity contribution in [3.8, 4) is 0 Å². The van der Waals surface area contributed by atoms with Crippen molar-refractivity contribution in [2.45, 2.75) is 13.3 Å². The molecule has 1 aliphatic heterocycles. The second-order valence-electron chi connectivity index (χ2n) is 3.40. The Balaban J connectivity index is 2.67. The van der Waals surface area contributed by atoms with Gasteiger partial charge in [-0.15, -0.1) is 0 Å². The molecule has 2 atom stereocenters. The third-order valence-electron chi connectivity index (χ3n) is 2.40. The number of carbonyl (C=O) groups excluding carboxylic acids is 1. The summed E-state index contributed by atoms with van der Waals surface area (Å²) < 4.78 is 0. The van der Waals surface area contributed by atoms with Gasteiger partial charge in [0.1, 0.15) is 0 Å². The molecule has 68 valence electrons. The highest BCUT2D eigenvalue weighted by Gasteiger charge is 2.33. The molecule has 1 rings (SSSR count). The molecule has 0 aliphatic carbocycles. The van der Waals surface area contributed by atoms with Crippen molar-refractivity contribution in [2.24, 2.45) is 11.8 Å². The Kier molecular flexibility index (Phi) is 2.35. The Morgan fingerprint density at radius 2 is 2.25 bits per heavy atom. The molecule has 0 radical (unpaired) electrons. The lowest BCUT2D eigenvalue weighted by atomic mass is 9.87. The Morgan fingerprint density at radius 3 is 2.75 bits per heavy atom. The number of hydrogen-bond acceptors (Lipinski definition) is 2. The van der Waals surface area contributed by atoms with E-state index in [2.05, 4.69) is 0 Å². The molecule has 0 aromatic heterocycles. The number of amides is 1. The maximum absolute atomic E-state index is 11.1. The van der Waals surface area contributed by atoms with Crippen LogP contribution in [0.2, 0.25) is 0 Å². The molecule has 0 aromatic carbocycles. The maximum Gasteiger partial charge on any atom is 0.308 e. The van der Waals surface area contributed by atoms with Crippen LogP contribution in [0.4, 0.5) is 0 Å². The largest absolute Gasteiger partial charge is 0.481 e. The second kappa shape index (κ2) is 3.13. The molecule has 1 heterocycles. The fourth-order valence-corrected chi connectivity index (χ4v) is 1.47. The number of aliphatic carboxylic acids is 1. The predicted molar refractivity (Wildman–Crippen MR) is 42.5 cm³/mol. The normalized spacial score (nSPS) is 30.5. The Bertz CT molecular complexity index is 214. The van der Waals surface area contributed by atoms with Gasteiger partial charge in [-0.2, -0.15) is 0 Å². The Labute approximate surface area is 71.2 Å². The number of rotatable bonds is 1. The first-order valence-electron chi connectivity index (χ1n) is 3.99. The van der Waals surface area contributed by atoms with Gasteiger partial charge in [-0.25, -0.2) is 0 Å². The number of likely N-dealkylation sites (tertiary alicyclic amines) is 1. The van der Waals surface area contributed by atoms with Crippen molar-refractivity contribution in [1.82, 2.24) is 4.90 Å².